The van der Waals surface area contributed by atoms with Crippen molar-refractivity contribution in [3.05, 3.63) is 50.8 Å². The number of aliphatic imine (C=N–C) groups is 1. The molecule has 0 bridgehead atoms. The van der Waals surface area contributed by atoms with Crippen LogP contribution in [0, 0.1) is 3.95 Å². The molecule has 0 atom stereocenters. The van der Waals surface area contributed by atoms with Crippen molar-refractivity contribution < 1.29 is 15.0 Å². The number of allylic oxidation sites excluding steroid dienone is 2. The van der Waals surface area contributed by atoms with E-state index in [-0.39, 0.29) is 11.4 Å². The summed E-state index contributed by atoms with van der Waals surface area (Å²) in [6, 6.07) is 5.00. The number of benzene rings is 1. The number of fused-ring (bicyclic) bond motifs is 1. The normalized spacial score (nSPS) is 14.2. The van der Waals surface area contributed by atoms with Crippen LogP contribution in [0.4, 0.5) is 5.69 Å². The first-order chi connectivity index (χ1) is 11.0. The number of thiazole rings is 1. The Morgan fingerprint density at radius 2 is 2.26 bits per heavy atom. The molecule has 0 unspecified atom stereocenters. The number of carboxylic acid groups (broad SMARTS) is 1. The van der Waals surface area contributed by atoms with E-state index < -0.39 is 5.97 Å². The molecule has 5 nitrogen and oxygen atoms in total. The van der Waals surface area contributed by atoms with Gasteiger partial charge >= 0.3 is 5.97 Å². The molecule has 1 aliphatic heterocycles. The summed E-state index contributed by atoms with van der Waals surface area (Å²) in [5.41, 5.74) is 2.04. The molecule has 23 heavy (non-hydrogen) atoms. The first kappa shape index (κ1) is 15.4. The van der Waals surface area contributed by atoms with Gasteiger partial charge < -0.3 is 10.2 Å². The molecule has 0 radical (unpaired) electrons. The average Bonchev–Trinajstić information content (AvgIpc) is 3.04. The van der Waals surface area contributed by atoms with E-state index in [2.05, 4.69) is 11.6 Å². The minimum Gasteiger partial charge on any atom is -0.493 e. The summed E-state index contributed by atoms with van der Waals surface area (Å²) in [6.45, 7) is 4.07. The Labute approximate surface area is 141 Å². The number of aromatic hydroxyl groups is 1. The average molecular weight is 344 g/mol. The molecule has 1 aromatic carbocycles. The van der Waals surface area contributed by atoms with Crippen molar-refractivity contribution >= 4 is 53.1 Å². The van der Waals surface area contributed by atoms with E-state index in [9.17, 15) is 15.0 Å². The molecule has 0 saturated carbocycles. The summed E-state index contributed by atoms with van der Waals surface area (Å²) < 4.78 is 2.13. The van der Waals surface area contributed by atoms with Gasteiger partial charge in [0, 0.05) is 23.9 Å². The predicted molar refractivity (Wildman–Crippen MR) is 94.4 cm³/mol. The fraction of sp³-hybridized carbons (Fsp3) is 0.0625. The summed E-state index contributed by atoms with van der Waals surface area (Å²) in [5.74, 6) is -0.945. The van der Waals surface area contributed by atoms with Crippen molar-refractivity contribution in [1.82, 2.24) is 4.57 Å². The van der Waals surface area contributed by atoms with Crippen molar-refractivity contribution in [2.45, 2.75) is 6.54 Å². The standard InChI is InChI=1S/C16H12N2O3S2/c1-2-6-18-14(19)12(23-16(18)22)7-9-8-17-13-10(9)4-3-5-11(13)15(20)21/h2-5,7-8,19H,1,6H2,(H,20,21). The molecule has 1 aliphatic rings. The van der Waals surface area contributed by atoms with Crippen LogP contribution in [0.25, 0.3) is 11.6 Å². The van der Waals surface area contributed by atoms with Gasteiger partial charge in [-0.25, -0.2) is 4.79 Å². The Balaban J connectivity index is 2.09. The monoisotopic (exact) mass is 344 g/mol. The number of hydrogen-bond acceptors (Lipinski definition) is 5. The molecule has 2 N–H and O–H groups in total. The van der Waals surface area contributed by atoms with E-state index in [0.29, 0.717) is 21.1 Å². The predicted octanol–water partition coefficient (Wildman–Crippen LogP) is 4.13. The summed E-state index contributed by atoms with van der Waals surface area (Å²) in [5, 5.41) is 19.5. The highest BCUT2D eigenvalue weighted by Gasteiger charge is 2.20. The van der Waals surface area contributed by atoms with Crippen molar-refractivity contribution in [3.8, 4) is 5.88 Å². The third-order valence-corrected chi connectivity index (χ3v) is 4.79. The second-order valence-electron chi connectivity index (χ2n) is 4.82. The Morgan fingerprint density at radius 1 is 1.48 bits per heavy atom. The highest BCUT2D eigenvalue weighted by atomic mass is 32.1. The molecular formula is C16H12N2O3S2. The van der Waals surface area contributed by atoms with Gasteiger partial charge in [-0.1, -0.05) is 18.2 Å². The van der Waals surface area contributed by atoms with Gasteiger partial charge in [-0.15, -0.1) is 17.9 Å². The Hall–Kier alpha value is -2.51. The Morgan fingerprint density at radius 3 is 2.96 bits per heavy atom. The second-order valence-corrected chi connectivity index (χ2v) is 6.50. The zero-order valence-corrected chi connectivity index (χ0v) is 13.5. The third kappa shape index (κ3) is 2.64. The molecule has 1 aromatic heterocycles. The molecule has 0 aliphatic carbocycles. The maximum atomic E-state index is 11.2. The van der Waals surface area contributed by atoms with Crippen molar-refractivity contribution in [2.75, 3.05) is 0 Å². The molecule has 3 rings (SSSR count). The Kier molecular flexibility index (Phi) is 3.97. The lowest BCUT2D eigenvalue weighted by Crippen LogP contribution is -1.96. The summed E-state index contributed by atoms with van der Waals surface area (Å²) in [4.78, 5) is 16.0. The largest absolute Gasteiger partial charge is 0.493 e. The SMILES string of the molecule is C=CCn1c(O)c(C=C2C=Nc3c(C(=O)O)cccc32)sc1=S. The van der Waals surface area contributed by atoms with Gasteiger partial charge in [0.1, 0.15) is 0 Å². The maximum absolute atomic E-state index is 11.2. The fourth-order valence-corrected chi connectivity index (χ4v) is 3.62. The van der Waals surface area contributed by atoms with Gasteiger partial charge in [-0.3, -0.25) is 9.56 Å². The van der Waals surface area contributed by atoms with Crippen molar-refractivity contribution in [1.29, 1.82) is 0 Å². The van der Waals surface area contributed by atoms with Crippen molar-refractivity contribution in [2.24, 2.45) is 4.99 Å². The minimum atomic E-state index is -1.02. The number of carboxylic acids is 1. The van der Waals surface area contributed by atoms with Crippen LogP contribution >= 0.6 is 23.6 Å². The van der Waals surface area contributed by atoms with Crippen LogP contribution in [0.2, 0.25) is 0 Å². The van der Waals surface area contributed by atoms with Crippen LogP contribution in [0.3, 0.4) is 0 Å². The van der Waals surface area contributed by atoms with Gasteiger partial charge in [0.15, 0.2) is 3.95 Å². The molecule has 0 fully saturated rings. The number of para-hydroxylation sites is 1. The highest BCUT2D eigenvalue weighted by molar-refractivity contribution is 7.73. The number of rotatable bonds is 4. The Bertz CT molecular complexity index is 935. The fourth-order valence-electron chi connectivity index (χ4n) is 2.35. The summed E-state index contributed by atoms with van der Waals surface area (Å²) in [7, 11) is 0. The van der Waals surface area contributed by atoms with E-state index in [1.165, 1.54) is 17.4 Å². The topological polar surface area (TPSA) is 74.8 Å². The van der Waals surface area contributed by atoms with Gasteiger partial charge in [0.2, 0.25) is 5.88 Å². The summed E-state index contributed by atoms with van der Waals surface area (Å²) >= 11 is 6.51. The van der Waals surface area contributed by atoms with E-state index in [0.717, 1.165) is 11.1 Å². The van der Waals surface area contributed by atoms with Gasteiger partial charge in [0.25, 0.3) is 0 Å². The molecule has 0 amide bonds. The van der Waals surface area contributed by atoms with Crippen LogP contribution in [0.5, 0.6) is 5.88 Å². The molecule has 7 heteroatoms. The zero-order chi connectivity index (χ0) is 16.6. The molecule has 0 spiro atoms. The first-order valence-electron chi connectivity index (χ1n) is 6.69. The number of nitrogens with zero attached hydrogens (tertiary/aromatic N) is 2. The van der Waals surface area contributed by atoms with Crippen LogP contribution in [0.1, 0.15) is 20.8 Å². The van der Waals surface area contributed by atoms with Gasteiger partial charge in [0.05, 0.1) is 16.1 Å². The first-order valence-corrected chi connectivity index (χ1v) is 7.91. The zero-order valence-electron chi connectivity index (χ0n) is 11.9. The minimum absolute atomic E-state index is 0.0728. The molecule has 2 heterocycles. The third-order valence-electron chi connectivity index (χ3n) is 3.40. The lowest BCUT2D eigenvalue weighted by Gasteiger charge is -2.03. The molecular weight excluding hydrogens is 332 g/mol. The smallest absolute Gasteiger partial charge is 0.337 e. The molecule has 116 valence electrons. The maximum Gasteiger partial charge on any atom is 0.337 e. The van der Waals surface area contributed by atoms with Crippen LogP contribution in [-0.2, 0) is 6.54 Å². The van der Waals surface area contributed by atoms with Gasteiger partial charge in [-0.2, -0.15) is 0 Å². The number of hydrogen-bond donors (Lipinski definition) is 2. The van der Waals surface area contributed by atoms with Crippen LogP contribution < -0.4 is 0 Å². The summed E-state index contributed by atoms with van der Waals surface area (Å²) in [6.07, 6.45) is 5.01. The van der Waals surface area contributed by atoms with E-state index in [1.807, 2.05) is 0 Å². The number of aromatic nitrogens is 1. The molecule has 0 saturated heterocycles. The number of carbonyl (C=O) groups is 1. The van der Waals surface area contributed by atoms with Crippen LogP contribution in [0.15, 0.2) is 35.8 Å². The lowest BCUT2D eigenvalue weighted by molar-refractivity contribution is 0.0698. The highest BCUT2D eigenvalue weighted by Crippen LogP contribution is 2.37. The van der Waals surface area contributed by atoms with E-state index in [1.54, 1.807) is 35.1 Å². The van der Waals surface area contributed by atoms with E-state index >= 15 is 0 Å². The lowest BCUT2D eigenvalue weighted by atomic mass is 10.0. The quantitative estimate of drug-likeness (QED) is 0.646. The second kappa shape index (κ2) is 5.94. The van der Waals surface area contributed by atoms with E-state index in [4.69, 9.17) is 12.2 Å². The van der Waals surface area contributed by atoms with Crippen LogP contribution in [-0.4, -0.2) is 27.0 Å². The molecule has 2 aromatic rings. The van der Waals surface area contributed by atoms with Gasteiger partial charge in [-0.05, 0) is 24.4 Å². The number of aromatic carboxylic acids is 1. The van der Waals surface area contributed by atoms with Crippen molar-refractivity contribution in [3.63, 3.8) is 0 Å².